The van der Waals surface area contributed by atoms with Gasteiger partial charge in [0.05, 0.1) is 23.0 Å². The second-order valence-corrected chi connectivity index (χ2v) is 8.53. The quantitative estimate of drug-likeness (QED) is 0.659. The lowest BCUT2D eigenvalue weighted by Crippen LogP contribution is -2.28. The van der Waals surface area contributed by atoms with Crippen LogP contribution in [0, 0.1) is 5.82 Å². The Kier molecular flexibility index (Phi) is 6.76. The van der Waals surface area contributed by atoms with Gasteiger partial charge in [-0.1, -0.05) is 24.3 Å². The molecule has 2 aromatic carbocycles. The highest BCUT2D eigenvalue weighted by atomic mass is 32.2. The molecule has 0 saturated carbocycles. The fourth-order valence-electron chi connectivity index (χ4n) is 3.37. The number of halogens is 1. The van der Waals surface area contributed by atoms with Gasteiger partial charge in [0.15, 0.2) is 0 Å². The number of rotatable bonds is 4. The van der Waals surface area contributed by atoms with Crippen molar-refractivity contribution < 1.29 is 17.9 Å². The molecule has 4 rings (SSSR count). The van der Waals surface area contributed by atoms with Crippen LogP contribution in [0.25, 0.3) is 22.4 Å². The highest BCUT2D eigenvalue weighted by molar-refractivity contribution is 7.89. The fourth-order valence-corrected chi connectivity index (χ4v) is 5.10. The largest absolute Gasteiger partial charge is 0.400 e. The van der Waals surface area contributed by atoms with Crippen molar-refractivity contribution in [2.75, 3.05) is 25.9 Å². The minimum atomic E-state index is -3.62. The van der Waals surface area contributed by atoms with Crippen molar-refractivity contribution in [2.45, 2.75) is 17.7 Å². The van der Waals surface area contributed by atoms with Gasteiger partial charge in [-0.2, -0.15) is 4.31 Å². The van der Waals surface area contributed by atoms with Crippen LogP contribution in [0.3, 0.4) is 0 Å². The summed E-state index contributed by atoms with van der Waals surface area (Å²) in [6, 6.07) is 11.3. The van der Waals surface area contributed by atoms with Gasteiger partial charge in [-0.25, -0.2) is 17.8 Å². The normalized spacial score (nSPS) is 14.2. The third-order valence-corrected chi connectivity index (χ3v) is 6.75. The Bertz CT molecular complexity index is 1120. The van der Waals surface area contributed by atoms with Gasteiger partial charge in [0.1, 0.15) is 11.6 Å². The number of aliphatic hydroxyl groups excluding tert-OH is 1. The van der Waals surface area contributed by atoms with E-state index in [4.69, 9.17) is 10.8 Å². The summed E-state index contributed by atoms with van der Waals surface area (Å²) in [5.41, 5.74) is 7.12. The van der Waals surface area contributed by atoms with E-state index in [9.17, 15) is 12.8 Å². The second kappa shape index (κ2) is 9.29. The van der Waals surface area contributed by atoms with Crippen molar-refractivity contribution in [3.8, 4) is 22.4 Å². The number of hydrogen-bond acceptors (Lipinski definition) is 6. The van der Waals surface area contributed by atoms with E-state index in [1.54, 1.807) is 36.4 Å². The molecule has 158 valence electrons. The minimum Gasteiger partial charge on any atom is -0.400 e. The third-order valence-electron chi connectivity index (χ3n) is 4.80. The molecule has 1 aromatic heterocycles. The van der Waals surface area contributed by atoms with Crippen molar-refractivity contribution in [3.63, 3.8) is 0 Å². The maximum Gasteiger partial charge on any atom is 0.243 e. The van der Waals surface area contributed by atoms with E-state index in [-0.39, 0.29) is 16.3 Å². The number of aliphatic hydroxyl groups is 1. The van der Waals surface area contributed by atoms with Crippen LogP contribution in [-0.4, -0.2) is 48.0 Å². The van der Waals surface area contributed by atoms with Crippen molar-refractivity contribution in [1.82, 2.24) is 14.3 Å². The van der Waals surface area contributed by atoms with Crippen LogP contribution in [0.2, 0.25) is 0 Å². The third kappa shape index (κ3) is 4.33. The first-order chi connectivity index (χ1) is 14.5. The lowest BCUT2D eigenvalue weighted by Gasteiger charge is -2.18. The number of hydrogen-bond donors (Lipinski definition) is 2. The first kappa shape index (κ1) is 21.8. The van der Waals surface area contributed by atoms with E-state index in [2.05, 4.69) is 9.97 Å². The Morgan fingerprint density at radius 1 is 1.00 bits per heavy atom. The van der Waals surface area contributed by atoms with Crippen LogP contribution >= 0.6 is 0 Å². The Hall–Kier alpha value is -2.88. The number of nitrogens with two attached hydrogens (primary N) is 1. The molecule has 0 radical (unpaired) electrons. The van der Waals surface area contributed by atoms with Crippen molar-refractivity contribution in [3.05, 3.63) is 60.7 Å². The number of nitrogen functional groups attached to an aromatic ring is 1. The summed E-state index contributed by atoms with van der Waals surface area (Å²) < 4.78 is 42.4. The molecule has 0 aliphatic carbocycles. The minimum absolute atomic E-state index is 0.191. The van der Waals surface area contributed by atoms with E-state index in [1.165, 1.54) is 22.8 Å². The Morgan fingerprint density at radius 2 is 1.70 bits per heavy atom. The Balaban J connectivity index is 0.00000124. The molecule has 2 heterocycles. The molecule has 1 aliphatic heterocycles. The predicted octanol–water partition coefficient (Wildman–Crippen LogP) is 2.92. The van der Waals surface area contributed by atoms with E-state index in [0.29, 0.717) is 29.9 Å². The van der Waals surface area contributed by atoms with Crippen molar-refractivity contribution in [1.29, 1.82) is 0 Å². The maximum absolute atomic E-state index is 14.8. The summed E-state index contributed by atoms with van der Waals surface area (Å²) in [5, 5.41) is 7.00. The van der Waals surface area contributed by atoms with Crippen LogP contribution < -0.4 is 5.73 Å². The Labute approximate surface area is 175 Å². The fraction of sp³-hybridized carbons (Fsp3) is 0.238. The van der Waals surface area contributed by atoms with Crippen molar-refractivity contribution >= 4 is 15.8 Å². The van der Waals surface area contributed by atoms with E-state index in [1.807, 2.05) is 0 Å². The molecular weight excluding hydrogens is 407 g/mol. The molecule has 0 unspecified atom stereocenters. The van der Waals surface area contributed by atoms with E-state index < -0.39 is 15.8 Å². The summed E-state index contributed by atoms with van der Waals surface area (Å²) in [7, 11) is -2.62. The molecule has 0 spiro atoms. The first-order valence-electron chi connectivity index (χ1n) is 9.38. The van der Waals surface area contributed by atoms with Crippen LogP contribution in [0.5, 0.6) is 0 Å². The molecule has 30 heavy (non-hydrogen) atoms. The highest BCUT2D eigenvalue weighted by Gasteiger charge is 2.29. The molecule has 3 aromatic rings. The zero-order valence-electron chi connectivity index (χ0n) is 16.5. The summed E-state index contributed by atoms with van der Waals surface area (Å²) in [6.45, 7) is 1.03. The smallest absolute Gasteiger partial charge is 0.243 e. The van der Waals surface area contributed by atoms with E-state index in [0.717, 1.165) is 20.0 Å². The van der Waals surface area contributed by atoms with E-state index >= 15 is 0 Å². The van der Waals surface area contributed by atoms with Crippen LogP contribution in [0.4, 0.5) is 10.2 Å². The molecule has 7 nitrogen and oxygen atoms in total. The summed E-state index contributed by atoms with van der Waals surface area (Å²) >= 11 is 0. The SMILES string of the molecule is CO.Nc1cnc(-c2ccc(-c3ccccc3S(=O)(=O)N3CCCC3)cc2F)cn1. The van der Waals surface area contributed by atoms with Crippen LogP contribution in [0.1, 0.15) is 12.8 Å². The Morgan fingerprint density at radius 3 is 2.33 bits per heavy atom. The topological polar surface area (TPSA) is 109 Å². The average Bonchev–Trinajstić information content (AvgIpc) is 3.32. The van der Waals surface area contributed by atoms with Gasteiger partial charge in [-0.05, 0) is 36.6 Å². The molecule has 1 aliphatic rings. The lowest BCUT2D eigenvalue weighted by molar-refractivity contribution is 0.399. The molecule has 1 fully saturated rings. The molecule has 3 N–H and O–H groups in total. The second-order valence-electron chi connectivity index (χ2n) is 6.63. The standard InChI is InChI=1S/C20H19FN4O2S.CH4O/c21-17-11-14(7-8-16(17)18-12-24-20(22)13-23-18)15-5-1-2-6-19(15)28(26,27)25-9-3-4-10-25;1-2/h1-2,5-8,11-13H,3-4,9-10H2,(H2,22,24);2H,1H3. The van der Waals surface area contributed by atoms with Gasteiger partial charge in [0.2, 0.25) is 10.0 Å². The van der Waals surface area contributed by atoms with Gasteiger partial charge in [-0.15, -0.1) is 0 Å². The molecule has 0 bridgehead atoms. The van der Waals surface area contributed by atoms with Crippen molar-refractivity contribution in [2.24, 2.45) is 0 Å². The highest BCUT2D eigenvalue weighted by Crippen LogP contribution is 2.33. The molecule has 0 atom stereocenters. The number of nitrogens with zero attached hydrogens (tertiary/aromatic N) is 3. The maximum atomic E-state index is 14.8. The lowest BCUT2D eigenvalue weighted by atomic mass is 10.0. The molecule has 0 amide bonds. The number of sulfonamides is 1. The molecule has 1 saturated heterocycles. The van der Waals surface area contributed by atoms with Gasteiger partial charge in [-0.3, -0.25) is 4.98 Å². The number of anilines is 1. The van der Waals surface area contributed by atoms with Crippen LogP contribution in [-0.2, 0) is 10.0 Å². The summed E-state index contributed by atoms with van der Waals surface area (Å²) in [4.78, 5) is 8.21. The molecule has 9 heteroatoms. The summed E-state index contributed by atoms with van der Waals surface area (Å²) in [6.07, 6.45) is 4.47. The number of benzene rings is 2. The predicted molar refractivity (Wildman–Crippen MR) is 113 cm³/mol. The van der Waals surface area contributed by atoms with Gasteiger partial charge in [0, 0.05) is 31.3 Å². The first-order valence-corrected chi connectivity index (χ1v) is 10.8. The van der Waals surface area contributed by atoms with Gasteiger partial charge >= 0.3 is 0 Å². The summed E-state index contributed by atoms with van der Waals surface area (Å²) in [5.74, 6) is -0.258. The zero-order valence-corrected chi connectivity index (χ0v) is 17.3. The molecular formula is C21H23FN4O3S. The van der Waals surface area contributed by atoms with Crippen LogP contribution in [0.15, 0.2) is 59.8 Å². The number of aromatic nitrogens is 2. The average molecular weight is 431 g/mol. The monoisotopic (exact) mass is 430 g/mol. The van der Waals surface area contributed by atoms with Gasteiger partial charge < -0.3 is 10.8 Å². The van der Waals surface area contributed by atoms with Gasteiger partial charge in [0.25, 0.3) is 0 Å². The zero-order chi connectivity index (χ0) is 21.7.